The van der Waals surface area contributed by atoms with Crippen molar-refractivity contribution in [2.24, 2.45) is 5.73 Å². The van der Waals surface area contributed by atoms with E-state index in [1.807, 2.05) is 11.9 Å². The number of anilines is 1. The Morgan fingerprint density at radius 2 is 2.19 bits per heavy atom. The number of rotatable bonds is 4. The maximum absolute atomic E-state index is 7.34. The molecule has 5 heteroatoms. The van der Waals surface area contributed by atoms with Gasteiger partial charge in [-0.2, -0.15) is 0 Å². The summed E-state index contributed by atoms with van der Waals surface area (Å²) in [4.78, 5) is 10.4. The predicted octanol–water partition coefficient (Wildman–Crippen LogP) is 1.39. The summed E-state index contributed by atoms with van der Waals surface area (Å²) in [5.41, 5.74) is 5.84. The van der Waals surface area contributed by atoms with Crippen molar-refractivity contribution in [2.45, 2.75) is 32.7 Å². The first-order valence-electron chi connectivity index (χ1n) is 5.29. The molecule has 0 unspecified atom stereocenters. The van der Waals surface area contributed by atoms with E-state index in [0.29, 0.717) is 11.6 Å². The zero-order valence-corrected chi connectivity index (χ0v) is 10.3. The Bertz CT molecular complexity index is 386. The number of aromatic nitrogens is 2. The van der Waals surface area contributed by atoms with Crippen LogP contribution in [0.5, 0.6) is 0 Å². The Hall–Kier alpha value is -1.65. The van der Waals surface area contributed by atoms with Gasteiger partial charge in [-0.15, -0.1) is 0 Å². The summed E-state index contributed by atoms with van der Waals surface area (Å²) in [6.45, 7) is 6.36. The fourth-order valence-corrected chi connectivity index (χ4v) is 1.17. The van der Waals surface area contributed by atoms with Crippen molar-refractivity contribution in [3.63, 3.8) is 0 Å². The lowest BCUT2D eigenvalue weighted by Crippen LogP contribution is -2.41. The molecule has 1 heterocycles. The van der Waals surface area contributed by atoms with Gasteiger partial charge in [-0.1, -0.05) is 6.92 Å². The molecule has 1 rings (SSSR count). The van der Waals surface area contributed by atoms with E-state index >= 15 is 0 Å². The van der Waals surface area contributed by atoms with Crippen LogP contribution in [0, 0.1) is 5.41 Å². The van der Waals surface area contributed by atoms with Crippen molar-refractivity contribution in [2.75, 3.05) is 11.9 Å². The highest BCUT2D eigenvalue weighted by molar-refractivity contribution is 5.93. The highest BCUT2D eigenvalue weighted by Crippen LogP contribution is 2.21. The highest BCUT2D eigenvalue weighted by atomic mass is 15.3. The van der Waals surface area contributed by atoms with Crippen LogP contribution < -0.4 is 10.6 Å². The number of nitrogens with one attached hydrogen (secondary N) is 1. The molecule has 0 fully saturated rings. The summed E-state index contributed by atoms with van der Waals surface area (Å²) in [6.07, 6.45) is 2.61. The van der Waals surface area contributed by atoms with Crippen molar-refractivity contribution >= 4 is 11.8 Å². The first kappa shape index (κ1) is 12.4. The number of nitrogen functional groups attached to an aromatic ring is 1. The first-order valence-corrected chi connectivity index (χ1v) is 5.29. The largest absolute Gasteiger partial charge is 0.382 e. The smallest absolute Gasteiger partial charge is 0.226 e. The van der Waals surface area contributed by atoms with Gasteiger partial charge >= 0.3 is 0 Å². The minimum atomic E-state index is -0.0358. The van der Waals surface area contributed by atoms with Crippen molar-refractivity contribution < 1.29 is 0 Å². The van der Waals surface area contributed by atoms with Crippen molar-refractivity contribution in [3.8, 4) is 0 Å². The second kappa shape index (κ2) is 4.47. The van der Waals surface area contributed by atoms with Crippen LogP contribution in [0.15, 0.2) is 12.3 Å². The molecule has 1 aromatic rings. The SMILES string of the molecule is CCC(C)(C)N(C)c1nccc(C(=N)N)n1. The van der Waals surface area contributed by atoms with Crippen LogP contribution in [0.25, 0.3) is 0 Å². The van der Waals surface area contributed by atoms with E-state index in [-0.39, 0.29) is 11.4 Å². The van der Waals surface area contributed by atoms with Gasteiger partial charge in [0.25, 0.3) is 0 Å². The molecule has 3 N–H and O–H groups in total. The molecule has 0 bridgehead atoms. The van der Waals surface area contributed by atoms with E-state index in [9.17, 15) is 0 Å². The number of nitrogens with two attached hydrogens (primary N) is 1. The minimum absolute atomic E-state index is 0.0184. The van der Waals surface area contributed by atoms with E-state index < -0.39 is 0 Å². The fourth-order valence-electron chi connectivity index (χ4n) is 1.17. The van der Waals surface area contributed by atoms with Gasteiger partial charge in [0.15, 0.2) is 0 Å². The lowest BCUT2D eigenvalue weighted by atomic mass is 10.0. The Labute approximate surface area is 96.2 Å². The number of amidine groups is 1. The molecular weight excluding hydrogens is 202 g/mol. The lowest BCUT2D eigenvalue weighted by molar-refractivity contribution is 0.463. The molecule has 0 aliphatic rings. The summed E-state index contributed by atoms with van der Waals surface area (Å²) in [5, 5.41) is 7.34. The Morgan fingerprint density at radius 1 is 1.56 bits per heavy atom. The zero-order valence-electron chi connectivity index (χ0n) is 10.3. The van der Waals surface area contributed by atoms with Gasteiger partial charge in [-0.3, -0.25) is 5.41 Å². The molecule has 0 saturated carbocycles. The number of hydrogen-bond acceptors (Lipinski definition) is 4. The summed E-state index contributed by atoms with van der Waals surface area (Å²) in [7, 11) is 1.95. The molecule has 0 atom stereocenters. The lowest BCUT2D eigenvalue weighted by Gasteiger charge is -2.34. The summed E-state index contributed by atoms with van der Waals surface area (Å²) < 4.78 is 0. The van der Waals surface area contributed by atoms with Gasteiger partial charge in [0.1, 0.15) is 11.5 Å². The van der Waals surface area contributed by atoms with Gasteiger partial charge in [0.05, 0.1) is 0 Å². The van der Waals surface area contributed by atoms with Crippen LogP contribution in [0.2, 0.25) is 0 Å². The molecule has 1 aromatic heterocycles. The molecule has 0 aliphatic carbocycles. The van der Waals surface area contributed by atoms with Crippen LogP contribution in [-0.2, 0) is 0 Å². The average molecular weight is 221 g/mol. The zero-order chi connectivity index (χ0) is 12.3. The van der Waals surface area contributed by atoms with Crippen molar-refractivity contribution in [1.82, 2.24) is 9.97 Å². The van der Waals surface area contributed by atoms with E-state index in [1.165, 1.54) is 0 Å². The van der Waals surface area contributed by atoms with Crippen LogP contribution in [0.1, 0.15) is 32.9 Å². The second-order valence-electron chi connectivity index (χ2n) is 4.38. The maximum Gasteiger partial charge on any atom is 0.226 e. The molecule has 0 spiro atoms. The van der Waals surface area contributed by atoms with E-state index in [0.717, 1.165) is 6.42 Å². The van der Waals surface area contributed by atoms with E-state index in [4.69, 9.17) is 11.1 Å². The van der Waals surface area contributed by atoms with Gasteiger partial charge in [-0.05, 0) is 26.3 Å². The summed E-state index contributed by atoms with van der Waals surface area (Å²) in [5.74, 6) is 0.561. The van der Waals surface area contributed by atoms with E-state index in [2.05, 4.69) is 30.7 Å². The molecule has 0 saturated heterocycles. The van der Waals surface area contributed by atoms with Crippen LogP contribution in [-0.4, -0.2) is 28.4 Å². The summed E-state index contributed by atoms with van der Waals surface area (Å²) in [6, 6.07) is 1.64. The summed E-state index contributed by atoms with van der Waals surface area (Å²) >= 11 is 0. The normalized spacial score (nSPS) is 11.2. The van der Waals surface area contributed by atoms with Crippen molar-refractivity contribution in [1.29, 1.82) is 5.41 Å². The molecule has 88 valence electrons. The number of hydrogen-bond donors (Lipinski definition) is 2. The van der Waals surface area contributed by atoms with Crippen LogP contribution in [0.3, 0.4) is 0 Å². The Balaban J connectivity index is 3.05. The van der Waals surface area contributed by atoms with Crippen LogP contribution >= 0.6 is 0 Å². The topological polar surface area (TPSA) is 78.9 Å². The first-order chi connectivity index (χ1) is 7.38. The molecule has 16 heavy (non-hydrogen) atoms. The van der Waals surface area contributed by atoms with Gasteiger partial charge in [-0.25, -0.2) is 9.97 Å². The van der Waals surface area contributed by atoms with Gasteiger partial charge < -0.3 is 10.6 Å². The Morgan fingerprint density at radius 3 is 2.69 bits per heavy atom. The third-order valence-corrected chi connectivity index (χ3v) is 2.99. The predicted molar refractivity (Wildman–Crippen MR) is 65.8 cm³/mol. The quantitative estimate of drug-likeness (QED) is 0.594. The maximum atomic E-state index is 7.34. The highest BCUT2D eigenvalue weighted by Gasteiger charge is 2.23. The molecule has 0 amide bonds. The second-order valence-corrected chi connectivity index (χ2v) is 4.38. The third kappa shape index (κ3) is 2.48. The molecule has 5 nitrogen and oxygen atoms in total. The van der Waals surface area contributed by atoms with Gasteiger partial charge in [0, 0.05) is 18.8 Å². The average Bonchev–Trinajstić information content (AvgIpc) is 2.28. The minimum Gasteiger partial charge on any atom is -0.382 e. The standard InChI is InChI=1S/C11H19N5/c1-5-11(2,3)16(4)10-14-7-6-8(15-10)9(12)13/h6-7H,5H2,1-4H3,(H3,12,13). The third-order valence-electron chi connectivity index (χ3n) is 2.99. The Kier molecular flexibility index (Phi) is 3.47. The van der Waals surface area contributed by atoms with E-state index in [1.54, 1.807) is 12.3 Å². The molecule has 0 aromatic carbocycles. The monoisotopic (exact) mass is 221 g/mol. The molecular formula is C11H19N5. The van der Waals surface area contributed by atoms with Gasteiger partial charge in [0.2, 0.25) is 5.95 Å². The molecule has 0 aliphatic heterocycles. The fraction of sp³-hybridized carbons (Fsp3) is 0.545. The number of nitrogens with zero attached hydrogens (tertiary/aromatic N) is 3. The van der Waals surface area contributed by atoms with Crippen LogP contribution in [0.4, 0.5) is 5.95 Å². The molecule has 0 radical (unpaired) electrons. The van der Waals surface area contributed by atoms with Crippen molar-refractivity contribution in [3.05, 3.63) is 18.0 Å².